The highest BCUT2D eigenvalue weighted by molar-refractivity contribution is 5.76. The molecule has 0 bridgehead atoms. The fourth-order valence-corrected chi connectivity index (χ4v) is 3.14. The summed E-state index contributed by atoms with van der Waals surface area (Å²) in [4.78, 5) is 16.5. The first kappa shape index (κ1) is 14.8. The fourth-order valence-electron chi connectivity index (χ4n) is 3.14. The molecule has 0 radical (unpaired) electrons. The highest BCUT2D eigenvalue weighted by Gasteiger charge is 2.25. The quantitative estimate of drug-likeness (QED) is 0.821. The third-order valence-corrected chi connectivity index (χ3v) is 4.57. The van der Waals surface area contributed by atoms with Crippen molar-refractivity contribution in [1.29, 1.82) is 0 Å². The lowest BCUT2D eigenvalue weighted by molar-refractivity contribution is -0.131. The highest BCUT2D eigenvalue weighted by Crippen LogP contribution is 2.22. The van der Waals surface area contributed by atoms with E-state index in [1.165, 1.54) is 12.8 Å². The molecule has 4 nitrogen and oxygen atoms in total. The van der Waals surface area contributed by atoms with E-state index in [2.05, 4.69) is 4.90 Å². The zero-order chi connectivity index (χ0) is 13.7. The molecule has 1 amide bonds. The molecule has 2 heterocycles. The Morgan fingerprint density at radius 2 is 1.84 bits per heavy atom. The SMILES string of the molecule is CCC(O)CN1CCC(CC(=O)N2CCCC2)CC1. The number of nitrogens with zero attached hydrogens (tertiary/aromatic N) is 2. The van der Waals surface area contributed by atoms with Crippen molar-refractivity contribution in [3.63, 3.8) is 0 Å². The normalized spacial score (nSPS) is 23.8. The van der Waals surface area contributed by atoms with E-state index in [1.54, 1.807) is 0 Å². The van der Waals surface area contributed by atoms with Gasteiger partial charge in [-0.1, -0.05) is 6.92 Å². The van der Waals surface area contributed by atoms with Crippen LogP contribution in [0.5, 0.6) is 0 Å². The van der Waals surface area contributed by atoms with E-state index in [4.69, 9.17) is 0 Å². The second-order valence-electron chi connectivity index (χ2n) is 6.10. The van der Waals surface area contributed by atoms with E-state index < -0.39 is 0 Å². The van der Waals surface area contributed by atoms with Gasteiger partial charge in [0.25, 0.3) is 0 Å². The number of hydrogen-bond acceptors (Lipinski definition) is 3. The summed E-state index contributed by atoms with van der Waals surface area (Å²) in [5.74, 6) is 0.924. The Morgan fingerprint density at radius 3 is 2.42 bits per heavy atom. The molecule has 0 saturated carbocycles. The Balaban J connectivity index is 1.66. The summed E-state index contributed by atoms with van der Waals surface area (Å²) in [6.45, 7) is 6.83. The Labute approximate surface area is 116 Å². The average molecular weight is 268 g/mol. The van der Waals surface area contributed by atoms with Crippen molar-refractivity contribution in [3.8, 4) is 0 Å². The molecular formula is C15H28N2O2. The number of β-amino-alcohol motifs (C(OH)–C–C–N with tert-alkyl or cyclic N) is 1. The van der Waals surface area contributed by atoms with Crippen LogP contribution >= 0.6 is 0 Å². The summed E-state index contributed by atoms with van der Waals surface area (Å²) in [7, 11) is 0. The summed E-state index contributed by atoms with van der Waals surface area (Å²) in [6, 6.07) is 0. The van der Waals surface area contributed by atoms with Gasteiger partial charge in [-0.15, -0.1) is 0 Å². The Kier molecular flexibility index (Phi) is 5.64. The Bertz CT molecular complexity index is 282. The largest absolute Gasteiger partial charge is 0.392 e. The van der Waals surface area contributed by atoms with Crippen molar-refractivity contribution in [2.75, 3.05) is 32.7 Å². The van der Waals surface area contributed by atoms with Crippen molar-refractivity contribution in [2.24, 2.45) is 5.92 Å². The van der Waals surface area contributed by atoms with Crippen molar-refractivity contribution >= 4 is 5.91 Å². The third kappa shape index (κ3) is 4.46. The predicted octanol–water partition coefficient (Wildman–Crippen LogP) is 1.48. The van der Waals surface area contributed by atoms with Gasteiger partial charge in [0.2, 0.25) is 5.91 Å². The van der Waals surface area contributed by atoms with Crippen LogP contribution in [-0.4, -0.2) is 59.6 Å². The topological polar surface area (TPSA) is 43.8 Å². The smallest absolute Gasteiger partial charge is 0.222 e. The molecule has 19 heavy (non-hydrogen) atoms. The lowest BCUT2D eigenvalue weighted by atomic mass is 9.93. The molecule has 0 spiro atoms. The summed E-state index contributed by atoms with van der Waals surface area (Å²) in [5.41, 5.74) is 0. The number of likely N-dealkylation sites (tertiary alicyclic amines) is 2. The van der Waals surface area contributed by atoms with Crippen LogP contribution in [0, 0.1) is 5.92 Å². The fraction of sp³-hybridized carbons (Fsp3) is 0.933. The summed E-state index contributed by atoms with van der Waals surface area (Å²) in [5, 5.41) is 9.66. The van der Waals surface area contributed by atoms with Crippen LogP contribution in [-0.2, 0) is 4.79 Å². The predicted molar refractivity (Wildman–Crippen MR) is 75.9 cm³/mol. The molecule has 0 aromatic heterocycles. The maximum atomic E-state index is 12.1. The van der Waals surface area contributed by atoms with Gasteiger partial charge in [-0.05, 0) is 51.1 Å². The third-order valence-electron chi connectivity index (χ3n) is 4.57. The molecule has 0 aromatic rings. The first-order chi connectivity index (χ1) is 9.19. The van der Waals surface area contributed by atoms with Gasteiger partial charge >= 0.3 is 0 Å². The molecule has 0 aliphatic carbocycles. The van der Waals surface area contributed by atoms with E-state index in [0.717, 1.165) is 58.4 Å². The van der Waals surface area contributed by atoms with Crippen LogP contribution in [0.4, 0.5) is 0 Å². The lowest BCUT2D eigenvalue weighted by Gasteiger charge is -2.33. The zero-order valence-corrected chi connectivity index (χ0v) is 12.2. The van der Waals surface area contributed by atoms with Crippen LogP contribution in [0.25, 0.3) is 0 Å². The summed E-state index contributed by atoms with van der Waals surface area (Å²) >= 11 is 0. The van der Waals surface area contributed by atoms with E-state index in [1.807, 2.05) is 11.8 Å². The molecule has 2 saturated heterocycles. The van der Waals surface area contributed by atoms with Crippen molar-refractivity contribution in [2.45, 2.75) is 51.6 Å². The van der Waals surface area contributed by atoms with Gasteiger partial charge in [0.1, 0.15) is 0 Å². The maximum absolute atomic E-state index is 12.1. The van der Waals surface area contributed by atoms with Crippen molar-refractivity contribution < 1.29 is 9.90 Å². The molecule has 1 atom stereocenters. The van der Waals surface area contributed by atoms with Gasteiger partial charge in [0.05, 0.1) is 6.10 Å². The maximum Gasteiger partial charge on any atom is 0.222 e. The molecule has 2 rings (SSSR count). The Hall–Kier alpha value is -0.610. The molecule has 1 N–H and O–H groups in total. The van der Waals surface area contributed by atoms with Crippen LogP contribution in [0.2, 0.25) is 0 Å². The number of piperidine rings is 1. The lowest BCUT2D eigenvalue weighted by Crippen LogP contribution is -2.40. The number of carbonyl (C=O) groups is 1. The number of carbonyl (C=O) groups excluding carboxylic acids is 1. The van der Waals surface area contributed by atoms with Crippen LogP contribution in [0.3, 0.4) is 0 Å². The average Bonchev–Trinajstić information content (AvgIpc) is 2.95. The number of rotatable bonds is 5. The van der Waals surface area contributed by atoms with Gasteiger partial charge < -0.3 is 14.9 Å². The first-order valence-electron chi connectivity index (χ1n) is 7.87. The molecule has 110 valence electrons. The molecule has 0 aromatic carbocycles. The van der Waals surface area contributed by atoms with Gasteiger partial charge in [-0.3, -0.25) is 4.79 Å². The van der Waals surface area contributed by atoms with Gasteiger partial charge in [0, 0.05) is 26.1 Å². The second kappa shape index (κ2) is 7.25. The van der Waals surface area contributed by atoms with Crippen LogP contribution < -0.4 is 0 Å². The first-order valence-corrected chi connectivity index (χ1v) is 7.87. The van der Waals surface area contributed by atoms with Gasteiger partial charge in [-0.25, -0.2) is 0 Å². The summed E-state index contributed by atoms with van der Waals surface area (Å²) < 4.78 is 0. The van der Waals surface area contributed by atoms with E-state index >= 15 is 0 Å². The Morgan fingerprint density at radius 1 is 1.21 bits per heavy atom. The van der Waals surface area contributed by atoms with E-state index in [9.17, 15) is 9.90 Å². The molecule has 4 heteroatoms. The van der Waals surface area contributed by atoms with Gasteiger partial charge in [0.15, 0.2) is 0 Å². The number of aliphatic hydroxyl groups is 1. The molecule has 1 unspecified atom stereocenters. The minimum atomic E-state index is -0.192. The minimum absolute atomic E-state index is 0.192. The van der Waals surface area contributed by atoms with E-state index in [0.29, 0.717) is 11.8 Å². The zero-order valence-electron chi connectivity index (χ0n) is 12.2. The van der Waals surface area contributed by atoms with Crippen molar-refractivity contribution in [1.82, 2.24) is 9.80 Å². The van der Waals surface area contributed by atoms with E-state index in [-0.39, 0.29) is 6.10 Å². The molecule has 2 aliphatic rings. The molecule has 2 fully saturated rings. The molecular weight excluding hydrogens is 240 g/mol. The number of amides is 1. The standard InChI is InChI=1S/C15H28N2O2/c1-2-14(18)12-16-9-5-13(6-10-16)11-15(19)17-7-3-4-8-17/h13-14,18H,2-12H2,1H3. The minimum Gasteiger partial charge on any atom is -0.392 e. The van der Waals surface area contributed by atoms with Crippen LogP contribution in [0.15, 0.2) is 0 Å². The van der Waals surface area contributed by atoms with Gasteiger partial charge in [-0.2, -0.15) is 0 Å². The number of aliphatic hydroxyl groups excluding tert-OH is 1. The van der Waals surface area contributed by atoms with Crippen LogP contribution in [0.1, 0.15) is 45.4 Å². The monoisotopic (exact) mass is 268 g/mol. The number of hydrogen-bond donors (Lipinski definition) is 1. The second-order valence-corrected chi connectivity index (χ2v) is 6.10. The summed E-state index contributed by atoms with van der Waals surface area (Å²) in [6.07, 6.45) is 5.95. The molecule has 2 aliphatic heterocycles. The van der Waals surface area contributed by atoms with Crippen molar-refractivity contribution in [3.05, 3.63) is 0 Å². The highest BCUT2D eigenvalue weighted by atomic mass is 16.3.